The summed E-state index contributed by atoms with van der Waals surface area (Å²) in [6.07, 6.45) is 1.77. The lowest BCUT2D eigenvalue weighted by atomic mass is 10.1. The average molecular weight is 275 g/mol. The molecule has 19 heavy (non-hydrogen) atoms. The van der Waals surface area contributed by atoms with E-state index >= 15 is 0 Å². The monoisotopic (exact) mass is 275 g/mol. The largest absolute Gasteiger partial charge is 0.361 e. The van der Waals surface area contributed by atoms with E-state index in [0.717, 1.165) is 28.3 Å². The Morgan fingerprint density at radius 2 is 2.05 bits per heavy atom. The molecular formula is C13H9NO4S. The highest BCUT2D eigenvalue weighted by molar-refractivity contribution is 7.94. The van der Waals surface area contributed by atoms with Gasteiger partial charge in [0.1, 0.15) is 0 Å². The Morgan fingerprint density at radius 3 is 2.89 bits per heavy atom. The molecule has 0 aliphatic rings. The fourth-order valence-electron chi connectivity index (χ4n) is 2.11. The molecule has 0 spiro atoms. The van der Waals surface area contributed by atoms with Crippen molar-refractivity contribution in [1.82, 2.24) is 4.98 Å². The molecule has 1 heterocycles. The van der Waals surface area contributed by atoms with Crippen LogP contribution in [0.5, 0.6) is 0 Å². The van der Waals surface area contributed by atoms with E-state index in [9.17, 15) is 4.79 Å². The number of rotatable bonds is 3. The minimum Gasteiger partial charge on any atom is -0.361 e. The smallest absolute Gasteiger partial charge is 0.188 e. The third kappa shape index (κ3) is 2.11. The van der Waals surface area contributed by atoms with Crippen LogP contribution in [-0.4, -0.2) is 10.2 Å². The Kier molecular flexibility index (Phi) is 3.22. The predicted octanol–water partition coefficient (Wildman–Crippen LogP) is 3.11. The second kappa shape index (κ2) is 5.02. The summed E-state index contributed by atoms with van der Waals surface area (Å²) in [5, 5.41) is 14.1. The lowest BCUT2D eigenvalue weighted by Crippen LogP contribution is -2.01. The van der Waals surface area contributed by atoms with Crippen LogP contribution >= 0.6 is 12.0 Å². The zero-order valence-electron chi connectivity index (χ0n) is 9.62. The van der Waals surface area contributed by atoms with E-state index < -0.39 is 0 Å². The summed E-state index contributed by atoms with van der Waals surface area (Å²) in [7, 11) is 0. The molecule has 0 fully saturated rings. The Balaban J connectivity index is 2.36. The second-order valence-electron chi connectivity index (χ2n) is 3.91. The highest BCUT2D eigenvalue weighted by Gasteiger charge is 2.09. The third-order valence-corrected chi connectivity index (χ3v) is 3.55. The molecule has 5 nitrogen and oxygen atoms in total. The fourth-order valence-corrected chi connectivity index (χ4v) is 2.59. The van der Waals surface area contributed by atoms with Crippen LogP contribution in [0.4, 0.5) is 0 Å². The van der Waals surface area contributed by atoms with Crippen LogP contribution in [0.15, 0.2) is 52.3 Å². The molecule has 0 atom stereocenters. The van der Waals surface area contributed by atoms with E-state index in [1.165, 1.54) is 6.07 Å². The highest BCUT2D eigenvalue weighted by Crippen LogP contribution is 2.30. The number of benzene rings is 2. The van der Waals surface area contributed by atoms with Gasteiger partial charge in [-0.2, -0.15) is 0 Å². The van der Waals surface area contributed by atoms with Crippen LogP contribution in [0.2, 0.25) is 0 Å². The molecule has 0 aliphatic carbocycles. The Hall–Kier alpha value is -1.86. The molecule has 6 heteroatoms. The maximum atomic E-state index is 12.1. The van der Waals surface area contributed by atoms with Crippen LogP contribution in [0.1, 0.15) is 0 Å². The average Bonchev–Trinajstić information content (AvgIpc) is 2.46. The standard InChI is InChI=1S/C13H9NO4S/c15-10-5-6-11(19-18-17-16)9-4-3-8-2-1-7-14-13(8)12(9)10/h1-7,14,16H. The first-order valence-corrected chi connectivity index (χ1v) is 6.23. The Bertz CT molecular complexity index is 799. The van der Waals surface area contributed by atoms with Crippen molar-refractivity contribution in [2.75, 3.05) is 0 Å². The van der Waals surface area contributed by atoms with Crippen molar-refractivity contribution in [3.63, 3.8) is 0 Å². The SMILES string of the molecule is O=c1ccc(SOOO)c2ccc3ccc[nH]c3c12. The summed E-state index contributed by atoms with van der Waals surface area (Å²) in [5.74, 6) is 0. The Morgan fingerprint density at radius 1 is 1.16 bits per heavy atom. The molecule has 2 N–H and O–H groups in total. The molecule has 0 amide bonds. The lowest BCUT2D eigenvalue weighted by Gasteiger charge is -2.06. The van der Waals surface area contributed by atoms with Crippen molar-refractivity contribution in [1.29, 1.82) is 0 Å². The van der Waals surface area contributed by atoms with Gasteiger partial charge in [0, 0.05) is 16.5 Å². The molecule has 0 saturated carbocycles. The minimum atomic E-state index is -0.0719. The number of hydrogen-bond donors (Lipinski definition) is 2. The second-order valence-corrected chi connectivity index (χ2v) is 4.65. The van der Waals surface area contributed by atoms with Crippen molar-refractivity contribution in [3.8, 4) is 0 Å². The van der Waals surface area contributed by atoms with E-state index in [-0.39, 0.29) is 5.43 Å². The highest BCUT2D eigenvalue weighted by atomic mass is 32.2. The van der Waals surface area contributed by atoms with Crippen LogP contribution < -0.4 is 5.43 Å². The zero-order chi connectivity index (χ0) is 13.2. The van der Waals surface area contributed by atoms with Crippen molar-refractivity contribution in [2.24, 2.45) is 0 Å². The first-order chi connectivity index (χ1) is 9.31. The zero-order valence-corrected chi connectivity index (χ0v) is 10.4. The molecule has 96 valence electrons. The molecule has 3 rings (SSSR count). The number of H-pyrrole nitrogens is 1. The summed E-state index contributed by atoms with van der Waals surface area (Å²) in [5.41, 5.74) is 0.703. The van der Waals surface area contributed by atoms with Crippen molar-refractivity contribution < 1.29 is 14.6 Å². The van der Waals surface area contributed by atoms with E-state index in [2.05, 4.69) is 14.4 Å². The van der Waals surface area contributed by atoms with Gasteiger partial charge < -0.3 is 4.98 Å². The van der Waals surface area contributed by atoms with E-state index in [1.807, 2.05) is 24.3 Å². The van der Waals surface area contributed by atoms with Crippen molar-refractivity contribution >= 4 is 33.7 Å². The maximum absolute atomic E-state index is 12.1. The number of pyridine rings is 1. The van der Waals surface area contributed by atoms with Crippen LogP contribution in [0.25, 0.3) is 21.7 Å². The van der Waals surface area contributed by atoms with Crippen molar-refractivity contribution in [3.05, 3.63) is 52.8 Å². The number of aromatic nitrogens is 1. The fraction of sp³-hybridized carbons (Fsp3) is 0. The van der Waals surface area contributed by atoms with Crippen LogP contribution in [0.3, 0.4) is 0 Å². The Labute approximate surface area is 111 Å². The molecule has 3 aromatic rings. The van der Waals surface area contributed by atoms with E-state index in [1.54, 1.807) is 12.3 Å². The minimum absolute atomic E-state index is 0.0719. The maximum Gasteiger partial charge on any atom is 0.188 e. The first kappa shape index (κ1) is 12.2. The van der Waals surface area contributed by atoms with Gasteiger partial charge in [0.15, 0.2) is 5.43 Å². The summed E-state index contributed by atoms with van der Waals surface area (Å²) in [6, 6.07) is 10.7. The first-order valence-electron chi connectivity index (χ1n) is 5.49. The molecule has 0 saturated heterocycles. The van der Waals surface area contributed by atoms with Gasteiger partial charge >= 0.3 is 0 Å². The van der Waals surface area contributed by atoms with Gasteiger partial charge in [0.05, 0.1) is 22.9 Å². The van der Waals surface area contributed by atoms with Gasteiger partial charge in [-0.05, 0) is 23.6 Å². The van der Waals surface area contributed by atoms with Crippen LogP contribution in [0, 0.1) is 0 Å². The molecule has 2 aromatic carbocycles. The summed E-state index contributed by atoms with van der Waals surface area (Å²) in [4.78, 5) is 15.8. The summed E-state index contributed by atoms with van der Waals surface area (Å²) < 4.78 is 4.44. The number of fused-ring (bicyclic) bond motifs is 3. The summed E-state index contributed by atoms with van der Waals surface area (Å²) in [6.45, 7) is 0. The third-order valence-electron chi connectivity index (χ3n) is 2.89. The van der Waals surface area contributed by atoms with Gasteiger partial charge in [-0.15, -0.1) is 4.33 Å². The van der Waals surface area contributed by atoms with E-state index in [4.69, 9.17) is 5.26 Å². The van der Waals surface area contributed by atoms with E-state index in [0.29, 0.717) is 10.3 Å². The summed E-state index contributed by atoms with van der Waals surface area (Å²) >= 11 is 0.842. The molecule has 1 aromatic heterocycles. The van der Waals surface area contributed by atoms with Gasteiger partial charge in [0.2, 0.25) is 0 Å². The number of nitrogens with one attached hydrogen (secondary N) is 1. The van der Waals surface area contributed by atoms with Crippen LogP contribution in [-0.2, 0) is 9.37 Å². The number of hydrogen-bond acceptors (Lipinski definition) is 5. The molecular weight excluding hydrogens is 266 g/mol. The normalized spacial score (nSPS) is 11.2. The van der Waals surface area contributed by atoms with Gasteiger partial charge in [-0.1, -0.05) is 23.2 Å². The van der Waals surface area contributed by atoms with Crippen molar-refractivity contribution in [2.45, 2.75) is 4.90 Å². The quantitative estimate of drug-likeness (QED) is 0.332. The van der Waals surface area contributed by atoms with Gasteiger partial charge in [0.25, 0.3) is 0 Å². The number of aromatic amines is 1. The van der Waals surface area contributed by atoms with Gasteiger partial charge in [-0.25, -0.2) is 5.26 Å². The predicted molar refractivity (Wildman–Crippen MR) is 72.7 cm³/mol. The lowest BCUT2D eigenvalue weighted by molar-refractivity contribution is -0.432. The molecule has 0 bridgehead atoms. The van der Waals surface area contributed by atoms with Gasteiger partial charge in [-0.3, -0.25) is 4.79 Å². The molecule has 0 radical (unpaired) electrons. The molecule has 0 aliphatic heterocycles. The molecule has 0 unspecified atom stereocenters. The topological polar surface area (TPSA) is 71.6 Å².